The van der Waals surface area contributed by atoms with Crippen molar-refractivity contribution in [1.29, 1.82) is 0 Å². The van der Waals surface area contributed by atoms with Crippen molar-refractivity contribution >= 4 is 22.9 Å². The van der Waals surface area contributed by atoms with Gasteiger partial charge in [-0.2, -0.15) is 0 Å². The number of hydrogen-bond acceptors (Lipinski definition) is 11. The highest BCUT2D eigenvalue weighted by Gasteiger charge is 2.27. The van der Waals surface area contributed by atoms with Crippen molar-refractivity contribution < 1.29 is 46.3 Å². The van der Waals surface area contributed by atoms with Gasteiger partial charge >= 0.3 is 17.2 Å². The van der Waals surface area contributed by atoms with E-state index in [1.54, 1.807) is 78.9 Å². The molecular weight excluding hydrogens is 672 g/mol. The molecule has 5 aromatic rings. The third-order valence-electron chi connectivity index (χ3n) is 6.75. The van der Waals surface area contributed by atoms with E-state index < -0.39 is 22.1 Å². The lowest BCUT2D eigenvalue weighted by Crippen LogP contribution is -2.07. The summed E-state index contributed by atoms with van der Waals surface area (Å²) in [4.78, 5) is 11.3. The van der Waals surface area contributed by atoms with Crippen molar-refractivity contribution in [2.75, 3.05) is 21.3 Å². The van der Waals surface area contributed by atoms with E-state index in [0.29, 0.717) is 45.8 Å². The molecule has 0 aliphatic carbocycles. The molecule has 1 unspecified atom stereocenters. The van der Waals surface area contributed by atoms with E-state index >= 15 is 0 Å². The van der Waals surface area contributed by atoms with Crippen LogP contribution in [-0.2, 0) is 11.1 Å². The van der Waals surface area contributed by atoms with E-state index in [4.69, 9.17) is 41.4 Å². The molecule has 14 heteroatoms. The minimum absolute atomic E-state index is 0.0910. The Kier molecular flexibility index (Phi) is 12.3. The second-order valence-corrected chi connectivity index (χ2v) is 12.0. The number of benzene rings is 5. The second-order valence-electron chi connectivity index (χ2n) is 9.94. The van der Waals surface area contributed by atoms with Gasteiger partial charge in [0.05, 0.1) is 38.9 Å². The van der Waals surface area contributed by atoms with Gasteiger partial charge in [0.15, 0.2) is 34.5 Å². The molecule has 0 saturated carbocycles. The number of non-ortho nitro benzene ring substituents is 1. The van der Waals surface area contributed by atoms with Gasteiger partial charge in [0.2, 0.25) is 0 Å². The molecule has 0 aromatic heterocycles. The van der Waals surface area contributed by atoms with Crippen molar-refractivity contribution in [3.63, 3.8) is 0 Å². The maximum absolute atomic E-state index is 11.8. The van der Waals surface area contributed by atoms with Crippen LogP contribution < -0.4 is 36.8 Å². The summed E-state index contributed by atoms with van der Waals surface area (Å²) in [7, 11) is 0.176. The summed E-state index contributed by atoms with van der Waals surface area (Å²) in [6.45, 7) is 1.73. The van der Waals surface area contributed by atoms with Gasteiger partial charge in [-0.3, -0.25) is 14.6 Å². The highest BCUT2D eigenvalue weighted by atomic mass is 31.2. The summed E-state index contributed by atoms with van der Waals surface area (Å²) >= 11 is 0. The van der Waals surface area contributed by atoms with Crippen LogP contribution >= 0.6 is 17.2 Å². The SMILES string of the molecule is COc1ccccc1OP(Oc1ccccc1C)Oc1cc([N+](=O)[O-])ccc1COP(Oc1ccccc1OC)Oc1ccccc1OC. The van der Waals surface area contributed by atoms with Crippen LogP contribution in [-0.4, -0.2) is 26.3 Å². The molecule has 0 bridgehead atoms. The molecule has 0 heterocycles. The Hall–Kier alpha value is -5.28. The van der Waals surface area contributed by atoms with E-state index in [1.165, 1.54) is 39.5 Å². The summed E-state index contributed by atoms with van der Waals surface area (Å²) in [6.07, 6.45) is 0. The zero-order chi connectivity index (χ0) is 34.6. The van der Waals surface area contributed by atoms with E-state index in [0.717, 1.165) is 5.56 Å². The van der Waals surface area contributed by atoms with Crippen molar-refractivity contribution in [3.8, 4) is 46.0 Å². The highest BCUT2D eigenvalue weighted by molar-refractivity contribution is 7.43. The Labute approximate surface area is 286 Å². The van der Waals surface area contributed by atoms with Crippen LogP contribution in [0.5, 0.6) is 46.0 Å². The fourth-order valence-electron chi connectivity index (χ4n) is 4.25. The molecule has 12 nitrogen and oxygen atoms in total. The van der Waals surface area contributed by atoms with Gasteiger partial charge in [-0.05, 0) is 61.0 Å². The van der Waals surface area contributed by atoms with E-state index in [-0.39, 0.29) is 18.0 Å². The lowest BCUT2D eigenvalue weighted by Gasteiger charge is -2.22. The number of nitrogens with zero attached hydrogens (tertiary/aromatic N) is 1. The zero-order valence-electron chi connectivity index (χ0n) is 27.0. The van der Waals surface area contributed by atoms with Crippen LogP contribution in [0.25, 0.3) is 0 Å². The zero-order valence-corrected chi connectivity index (χ0v) is 28.8. The number of methoxy groups -OCH3 is 3. The summed E-state index contributed by atoms with van der Waals surface area (Å²) in [5, 5.41) is 11.8. The van der Waals surface area contributed by atoms with Gasteiger partial charge in [0.25, 0.3) is 5.69 Å². The van der Waals surface area contributed by atoms with Gasteiger partial charge < -0.3 is 36.8 Å². The van der Waals surface area contributed by atoms with Crippen LogP contribution in [0.4, 0.5) is 5.69 Å². The fraction of sp³-hybridized carbons (Fsp3) is 0.143. The molecular formula is C35H33NO11P2. The van der Waals surface area contributed by atoms with E-state index in [1.807, 2.05) is 25.1 Å². The Balaban J connectivity index is 1.47. The molecule has 254 valence electrons. The maximum Gasteiger partial charge on any atom is 0.530 e. The summed E-state index contributed by atoms with van der Waals surface area (Å²) in [6, 6.07) is 32.6. The van der Waals surface area contributed by atoms with Crippen molar-refractivity contribution in [1.82, 2.24) is 0 Å². The highest BCUT2D eigenvalue weighted by Crippen LogP contribution is 2.49. The van der Waals surface area contributed by atoms with Crippen molar-refractivity contribution in [3.05, 3.63) is 137 Å². The smallest absolute Gasteiger partial charge is 0.493 e. The molecule has 0 N–H and O–H groups in total. The topological polar surface area (TPSA) is 126 Å². The largest absolute Gasteiger partial charge is 0.530 e. The lowest BCUT2D eigenvalue weighted by molar-refractivity contribution is -0.384. The molecule has 49 heavy (non-hydrogen) atoms. The third kappa shape index (κ3) is 9.42. The first-order valence-electron chi connectivity index (χ1n) is 14.7. The average Bonchev–Trinajstić information content (AvgIpc) is 3.12. The van der Waals surface area contributed by atoms with Crippen LogP contribution in [0.2, 0.25) is 0 Å². The van der Waals surface area contributed by atoms with Crippen molar-refractivity contribution in [2.24, 2.45) is 0 Å². The lowest BCUT2D eigenvalue weighted by atomic mass is 10.2. The van der Waals surface area contributed by atoms with Gasteiger partial charge in [-0.25, -0.2) is 0 Å². The Morgan fingerprint density at radius 3 is 1.41 bits per heavy atom. The Morgan fingerprint density at radius 1 is 0.531 bits per heavy atom. The number of aryl methyl sites for hydroxylation is 1. The minimum Gasteiger partial charge on any atom is -0.493 e. The predicted octanol–water partition coefficient (Wildman–Crippen LogP) is 9.59. The summed E-state index contributed by atoms with van der Waals surface area (Å²) in [5.41, 5.74) is 1.05. The van der Waals surface area contributed by atoms with Gasteiger partial charge in [-0.1, -0.05) is 54.6 Å². The average molecular weight is 706 g/mol. The van der Waals surface area contributed by atoms with Gasteiger partial charge in [-0.15, -0.1) is 0 Å². The molecule has 1 atom stereocenters. The van der Waals surface area contributed by atoms with Crippen molar-refractivity contribution in [2.45, 2.75) is 13.5 Å². The molecule has 0 fully saturated rings. The number of rotatable bonds is 17. The third-order valence-corrected chi connectivity index (χ3v) is 8.82. The number of nitro groups is 1. The number of hydrogen-bond donors (Lipinski definition) is 0. The molecule has 0 spiro atoms. The van der Waals surface area contributed by atoms with Crippen LogP contribution in [0, 0.1) is 17.0 Å². The molecule has 5 rings (SSSR count). The molecule has 0 aliphatic heterocycles. The molecule has 5 aromatic carbocycles. The monoisotopic (exact) mass is 705 g/mol. The summed E-state index contributed by atoms with van der Waals surface area (Å²) in [5.74, 6) is 3.09. The standard InChI is InChI=1S/C35H33NO11P2/c1-25-13-5-6-14-28(25)43-49(46-34-20-12-9-17-31(34)41-4)47-35-23-27(36(37)38)22-21-26(35)24-42-48(44-32-18-10-7-15-29(32)39-2)45-33-19-11-8-16-30(33)40-3/h5-23H,24H2,1-4H3. The predicted molar refractivity (Wildman–Crippen MR) is 185 cm³/mol. The minimum atomic E-state index is -2.24. The van der Waals surface area contributed by atoms with E-state index in [9.17, 15) is 10.1 Å². The Bertz CT molecular complexity index is 1810. The van der Waals surface area contributed by atoms with Crippen LogP contribution in [0.1, 0.15) is 11.1 Å². The number of para-hydroxylation sites is 7. The number of nitro benzene ring substituents is 1. The normalized spacial score (nSPS) is 11.3. The molecule has 0 saturated heterocycles. The first-order valence-corrected chi connectivity index (χ1v) is 16.9. The number of ether oxygens (including phenoxy) is 3. The first kappa shape index (κ1) is 35.0. The molecule has 0 amide bonds. The summed E-state index contributed by atoms with van der Waals surface area (Å²) < 4.78 is 53.7. The van der Waals surface area contributed by atoms with E-state index in [2.05, 4.69) is 0 Å². The second kappa shape index (κ2) is 17.2. The van der Waals surface area contributed by atoms with Gasteiger partial charge in [0, 0.05) is 11.6 Å². The fourth-order valence-corrected chi connectivity index (χ4v) is 6.38. The first-order chi connectivity index (χ1) is 23.9. The van der Waals surface area contributed by atoms with Crippen LogP contribution in [0.3, 0.4) is 0 Å². The van der Waals surface area contributed by atoms with Gasteiger partial charge in [0.1, 0.15) is 11.5 Å². The molecule has 0 radical (unpaired) electrons. The van der Waals surface area contributed by atoms with Crippen LogP contribution in [0.15, 0.2) is 115 Å². The maximum atomic E-state index is 11.8. The Morgan fingerprint density at radius 2 is 0.939 bits per heavy atom. The molecule has 0 aliphatic rings. The quantitative estimate of drug-likeness (QED) is 0.0521.